The van der Waals surface area contributed by atoms with Gasteiger partial charge in [-0.25, -0.2) is 14.2 Å². The van der Waals surface area contributed by atoms with Gasteiger partial charge in [-0.15, -0.1) is 29.8 Å². The van der Waals surface area contributed by atoms with E-state index < -0.39 is 98.5 Å². The minimum atomic E-state index is -5.28. The number of aromatic hydroxyl groups is 1. The average molecular weight is 782 g/mol. The minimum Gasteiger partial charge on any atom is -0.507 e. The van der Waals surface area contributed by atoms with Gasteiger partial charge in [0.2, 0.25) is 11.8 Å². The molecule has 0 bridgehead atoms. The Balaban J connectivity index is 1.40. The Hall–Kier alpha value is -4.69. The molecule has 7 nitrogen and oxygen atoms in total. The van der Waals surface area contributed by atoms with Crippen molar-refractivity contribution >= 4 is 58.2 Å². The number of amides is 4. The fourth-order valence-corrected chi connectivity index (χ4v) is 9.16. The largest absolute Gasteiger partial charge is 0.507 e. The third-order valence-electron chi connectivity index (χ3n) is 10.6. The molecule has 0 radical (unpaired) electrons. The van der Waals surface area contributed by atoms with E-state index in [4.69, 9.17) is 23.2 Å². The van der Waals surface area contributed by atoms with E-state index in [1.54, 1.807) is 6.07 Å². The number of imide groups is 2. The van der Waals surface area contributed by atoms with Crippen LogP contribution in [0.4, 0.5) is 42.1 Å². The lowest BCUT2D eigenvalue weighted by Crippen LogP contribution is -2.60. The number of carbonyl (C=O) groups excluding carboxylic acids is 4. The van der Waals surface area contributed by atoms with E-state index in [0.29, 0.717) is 10.5 Å². The summed E-state index contributed by atoms with van der Waals surface area (Å²) in [5.74, 6) is -10.9. The molecule has 16 heteroatoms. The van der Waals surface area contributed by atoms with Gasteiger partial charge in [0.05, 0.1) is 34.3 Å². The van der Waals surface area contributed by atoms with Crippen molar-refractivity contribution in [3.63, 3.8) is 0 Å². The molecule has 2 aliphatic heterocycles. The van der Waals surface area contributed by atoms with Crippen LogP contribution in [0.25, 0.3) is 0 Å². The van der Waals surface area contributed by atoms with Crippen molar-refractivity contribution in [3.8, 4) is 5.75 Å². The molecule has 2 saturated heterocycles. The van der Waals surface area contributed by atoms with Crippen LogP contribution in [-0.4, -0.2) is 38.5 Å². The molecule has 1 N–H and O–H groups in total. The molecule has 3 fully saturated rings. The summed E-state index contributed by atoms with van der Waals surface area (Å²) in [4.78, 5) is 53.2. The van der Waals surface area contributed by atoms with Gasteiger partial charge in [0, 0.05) is 11.5 Å². The Morgan fingerprint density at radius 3 is 2.04 bits per heavy atom. The highest BCUT2D eigenvalue weighted by Crippen LogP contribution is 2.66. The van der Waals surface area contributed by atoms with Crippen molar-refractivity contribution in [2.24, 2.45) is 17.8 Å². The molecule has 4 amide bonds. The number of fused-ring (bicyclic) bond motifs is 4. The van der Waals surface area contributed by atoms with Gasteiger partial charge in [-0.1, -0.05) is 35.9 Å². The van der Waals surface area contributed by atoms with Gasteiger partial charge in [-0.05, 0) is 73.2 Å². The monoisotopic (exact) mass is 780 g/mol. The molecule has 3 aromatic carbocycles. The number of allylic oxidation sites excluding steroid dienone is 3. The van der Waals surface area contributed by atoms with Gasteiger partial charge in [0.15, 0.2) is 9.75 Å². The lowest BCUT2D eigenvalue weighted by atomic mass is 9.56. The third kappa shape index (κ3) is 5.30. The zero-order valence-corrected chi connectivity index (χ0v) is 28.5. The van der Waals surface area contributed by atoms with Gasteiger partial charge in [0.1, 0.15) is 11.6 Å². The molecule has 6 unspecified atom stereocenters. The Labute approximate surface area is 306 Å². The summed E-state index contributed by atoms with van der Waals surface area (Å²) in [6.45, 7) is 3.68. The fraction of sp³-hybridized carbons (Fsp3) is 0.297. The first-order valence-corrected chi connectivity index (χ1v) is 16.8. The quantitative estimate of drug-likeness (QED) is 0.122. The summed E-state index contributed by atoms with van der Waals surface area (Å²) in [6, 6.07) is 9.21. The number of benzene rings is 3. The van der Waals surface area contributed by atoms with Gasteiger partial charge >= 0.3 is 12.4 Å². The van der Waals surface area contributed by atoms with Crippen LogP contribution >= 0.6 is 23.2 Å². The predicted octanol–water partition coefficient (Wildman–Crippen LogP) is 8.07. The van der Waals surface area contributed by atoms with E-state index >= 15 is 0 Å². The second kappa shape index (κ2) is 12.2. The zero-order chi connectivity index (χ0) is 38.6. The number of anilines is 2. The summed E-state index contributed by atoms with van der Waals surface area (Å²) in [6.07, 6.45) is -8.28. The summed E-state index contributed by atoms with van der Waals surface area (Å²) >= 11 is 14.6. The summed E-state index contributed by atoms with van der Waals surface area (Å²) < 4.78 is 96.7. The maximum atomic E-state index is 14.5. The molecule has 1 saturated carbocycles. The van der Waals surface area contributed by atoms with Crippen molar-refractivity contribution in [2.45, 2.75) is 47.3 Å². The SMILES string of the molecule is C=CCc1cccc(C2C3=CCC4C(=O)N(c5cc(C(F)(F)F)cc(C(F)(F)F)c5)C(=O)C4C3CC3(Cl)C(=O)N(c4ccc(F)cc4)C(=O)C23Cl)c1O. The average Bonchev–Trinajstić information content (AvgIpc) is 3.43. The van der Waals surface area contributed by atoms with Crippen LogP contribution in [0.3, 0.4) is 0 Å². The second-order valence-electron chi connectivity index (χ2n) is 13.4. The number of para-hydroxylation sites is 1. The van der Waals surface area contributed by atoms with Crippen LogP contribution in [0.2, 0.25) is 0 Å². The molecule has 2 aliphatic carbocycles. The summed E-state index contributed by atoms with van der Waals surface area (Å²) in [5, 5.41) is 11.6. The molecular weight excluding hydrogens is 756 g/mol. The standard InChI is InChI=1S/C37H25Cl2F7N2O5/c1-2-4-17-5-3-6-25(29(17)49)28-23-11-12-24-27(31(51)47(30(24)50)22-14-18(36(41,42)43)13-19(15-22)37(44,45)46)26(23)16-34(38)32(52)48(33(53)35(28,34)39)21-9-7-20(40)8-10-21/h2-3,5-11,13-15,24,26-28,49H,1,4,12,16H2. The van der Waals surface area contributed by atoms with Gasteiger partial charge in [0.25, 0.3) is 11.8 Å². The molecule has 4 aliphatic rings. The van der Waals surface area contributed by atoms with E-state index in [2.05, 4.69) is 6.58 Å². The number of hydrogen-bond acceptors (Lipinski definition) is 5. The number of carbonyl (C=O) groups is 4. The van der Waals surface area contributed by atoms with E-state index in [1.165, 1.54) is 24.3 Å². The summed E-state index contributed by atoms with van der Waals surface area (Å²) in [5.41, 5.74) is -3.99. The van der Waals surface area contributed by atoms with Crippen molar-refractivity contribution in [1.82, 2.24) is 0 Å². The van der Waals surface area contributed by atoms with Crippen LogP contribution in [0.5, 0.6) is 5.75 Å². The number of phenols is 1. The number of rotatable bonds is 5. The first-order chi connectivity index (χ1) is 24.8. The number of hydrogen-bond donors (Lipinski definition) is 1. The number of alkyl halides is 8. The Bertz CT molecular complexity index is 2120. The van der Waals surface area contributed by atoms with Crippen molar-refractivity contribution < 1.29 is 55.0 Å². The first kappa shape index (κ1) is 36.7. The van der Waals surface area contributed by atoms with E-state index in [1.807, 2.05) is 0 Å². The number of phenolic OH excluding ortho intramolecular Hbond substituents is 1. The van der Waals surface area contributed by atoms with E-state index in [0.717, 1.165) is 24.3 Å². The Kier molecular flexibility index (Phi) is 8.42. The molecule has 6 atom stereocenters. The molecule has 276 valence electrons. The normalized spacial score (nSPS) is 28.5. The molecule has 53 heavy (non-hydrogen) atoms. The highest BCUT2D eigenvalue weighted by molar-refractivity contribution is 6.58. The maximum Gasteiger partial charge on any atom is 0.416 e. The lowest BCUT2D eigenvalue weighted by Gasteiger charge is -2.50. The smallest absolute Gasteiger partial charge is 0.416 e. The van der Waals surface area contributed by atoms with E-state index in [-0.39, 0.29) is 58.5 Å². The van der Waals surface area contributed by atoms with Crippen LogP contribution < -0.4 is 9.80 Å². The van der Waals surface area contributed by atoms with Crippen molar-refractivity contribution in [3.05, 3.63) is 113 Å². The lowest BCUT2D eigenvalue weighted by molar-refractivity contribution is -0.143. The maximum absolute atomic E-state index is 14.5. The summed E-state index contributed by atoms with van der Waals surface area (Å²) in [7, 11) is 0. The van der Waals surface area contributed by atoms with Crippen molar-refractivity contribution in [2.75, 3.05) is 9.80 Å². The second-order valence-corrected chi connectivity index (χ2v) is 14.6. The predicted molar refractivity (Wildman–Crippen MR) is 178 cm³/mol. The molecule has 0 spiro atoms. The zero-order valence-electron chi connectivity index (χ0n) is 26.9. The van der Waals surface area contributed by atoms with E-state index in [9.17, 15) is 55.0 Å². The minimum absolute atomic E-state index is 0.0159. The third-order valence-corrected chi connectivity index (χ3v) is 12.0. The molecule has 2 heterocycles. The fourth-order valence-electron chi connectivity index (χ4n) is 8.23. The highest BCUT2D eigenvalue weighted by Gasteiger charge is 2.77. The highest BCUT2D eigenvalue weighted by atomic mass is 35.5. The molecule has 7 rings (SSSR count). The molecule has 3 aromatic rings. The van der Waals surface area contributed by atoms with Crippen LogP contribution in [0.15, 0.2) is 85.0 Å². The first-order valence-electron chi connectivity index (χ1n) is 16.1. The molecular formula is C37H25Cl2F7N2O5. The van der Waals surface area contributed by atoms with Gasteiger partial charge in [-0.2, -0.15) is 26.3 Å². The number of halogens is 9. The number of nitrogens with zero attached hydrogens (tertiary/aromatic N) is 2. The van der Waals surface area contributed by atoms with Gasteiger partial charge in [-0.3, -0.25) is 19.2 Å². The Morgan fingerprint density at radius 2 is 1.45 bits per heavy atom. The Morgan fingerprint density at radius 1 is 0.830 bits per heavy atom. The van der Waals surface area contributed by atoms with Crippen LogP contribution in [0, 0.1) is 23.6 Å². The van der Waals surface area contributed by atoms with Crippen molar-refractivity contribution in [1.29, 1.82) is 0 Å². The van der Waals surface area contributed by atoms with Crippen LogP contribution in [-0.2, 0) is 38.0 Å². The molecule has 0 aromatic heterocycles. The van der Waals surface area contributed by atoms with Crippen LogP contribution in [0.1, 0.15) is 41.0 Å². The topological polar surface area (TPSA) is 95.0 Å². The van der Waals surface area contributed by atoms with Gasteiger partial charge < -0.3 is 5.11 Å².